The zero-order valence-corrected chi connectivity index (χ0v) is 16.0. The summed E-state index contributed by atoms with van der Waals surface area (Å²) in [5.41, 5.74) is 1.23. The van der Waals surface area contributed by atoms with Crippen LogP contribution in [-0.2, 0) is 4.79 Å². The smallest absolute Gasteiger partial charge is 0.257 e. The number of thioether (sulfide) groups is 1. The number of amides is 1. The molecular formula is C17H16Cl3NO2S. The number of hydrogen-bond donors (Lipinski definition) is 1. The molecule has 24 heavy (non-hydrogen) atoms. The molecule has 2 aromatic carbocycles. The Labute approximate surface area is 160 Å². The standard InChI is InChI=1S/C17H16Cl3NO2S/c1-11-2-4-12(5-3-11)24-7-6-21-17(22)10-23-16-9-14(19)13(18)8-15(16)20/h2-5,8-9H,6-7,10H2,1H3,(H,21,22). The van der Waals surface area contributed by atoms with Crippen molar-refractivity contribution in [2.75, 3.05) is 18.9 Å². The largest absolute Gasteiger partial charge is 0.482 e. The van der Waals surface area contributed by atoms with E-state index in [-0.39, 0.29) is 12.5 Å². The monoisotopic (exact) mass is 403 g/mol. The van der Waals surface area contributed by atoms with Gasteiger partial charge in [0.1, 0.15) is 5.75 Å². The van der Waals surface area contributed by atoms with Crippen LogP contribution in [0.25, 0.3) is 0 Å². The lowest BCUT2D eigenvalue weighted by Gasteiger charge is -2.10. The van der Waals surface area contributed by atoms with Gasteiger partial charge in [-0.3, -0.25) is 4.79 Å². The molecule has 3 nitrogen and oxygen atoms in total. The Morgan fingerprint density at radius 3 is 2.46 bits per heavy atom. The van der Waals surface area contributed by atoms with Crippen molar-refractivity contribution in [2.45, 2.75) is 11.8 Å². The first-order valence-electron chi connectivity index (χ1n) is 7.19. The summed E-state index contributed by atoms with van der Waals surface area (Å²) < 4.78 is 5.37. The van der Waals surface area contributed by atoms with Crippen molar-refractivity contribution in [1.82, 2.24) is 5.32 Å². The number of carbonyl (C=O) groups is 1. The van der Waals surface area contributed by atoms with Gasteiger partial charge in [0.15, 0.2) is 6.61 Å². The number of aryl methyl sites for hydroxylation is 1. The Morgan fingerprint density at radius 2 is 1.75 bits per heavy atom. The van der Waals surface area contributed by atoms with E-state index in [1.807, 2.05) is 0 Å². The third-order valence-electron chi connectivity index (χ3n) is 3.05. The highest BCUT2D eigenvalue weighted by Crippen LogP contribution is 2.33. The molecule has 1 N–H and O–H groups in total. The molecule has 0 aliphatic heterocycles. The number of halogens is 3. The number of nitrogens with one attached hydrogen (secondary N) is 1. The molecular weight excluding hydrogens is 389 g/mol. The van der Waals surface area contributed by atoms with Crippen molar-refractivity contribution < 1.29 is 9.53 Å². The molecule has 0 aliphatic rings. The molecule has 0 bridgehead atoms. The van der Waals surface area contributed by atoms with Gasteiger partial charge in [0.25, 0.3) is 5.91 Å². The number of rotatable bonds is 7. The first-order valence-corrected chi connectivity index (χ1v) is 9.31. The van der Waals surface area contributed by atoms with Gasteiger partial charge in [0, 0.05) is 23.3 Å². The summed E-state index contributed by atoms with van der Waals surface area (Å²) in [6.45, 7) is 2.47. The van der Waals surface area contributed by atoms with E-state index >= 15 is 0 Å². The molecule has 128 valence electrons. The Morgan fingerprint density at radius 1 is 1.08 bits per heavy atom. The van der Waals surface area contributed by atoms with Crippen LogP contribution < -0.4 is 10.1 Å². The summed E-state index contributed by atoms with van der Waals surface area (Å²) in [6.07, 6.45) is 0. The van der Waals surface area contributed by atoms with Crippen LogP contribution in [-0.4, -0.2) is 24.8 Å². The van der Waals surface area contributed by atoms with Crippen LogP contribution in [0.3, 0.4) is 0 Å². The Kier molecular flexibility index (Phi) is 7.56. The minimum atomic E-state index is -0.221. The fourth-order valence-electron chi connectivity index (χ4n) is 1.80. The van der Waals surface area contributed by atoms with Gasteiger partial charge in [-0.15, -0.1) is 11.8 Å². The second kappa shape index (κ2) is 9.42. The highest BCUT2D eigenvalue weighted by Gasteiger charge is 2.09. The van der Waals surface area contributed by atoms with Gasteiger partial charge in [0.2, 0.25) is 0 Å². The van der Waals surface area contributed by atoms with Gasteiger partial charge in [-0.05, 0) is 25.1 Å². The van der Waals surface area contributed by atoms with E-state index in [9.17, 15) is 4.79 Å². The van der Waals surface area contributed by atoms with Crippen LogP contribution >= 0.6 is 46.6 Å². The fraction of sp³-hybridized carbons (Fsp3) is 0.235. The predicted octanol–water partition coefficient (Wildman–Crippen LogP) is 5.24. The molecule has 2 aromatic rings. The highest BCUT2D eigenvalue weighted by molar-refractivity contribution is 7.99. The van der Waals surface area contributed by atoms with Crippen molar-refractivity contribution >= 4 is 52.5 Å². The second-order valence-electron chi connectivity index (χ2n) is 5.00. The predicted molar refractivity (Wildman–Crippen MR) is 102 cm³/mol. The lowest BCUT2D eigenvalue weighted by molar-refractivity contribution is -0.122. The molecule has 0 aromatic heterocycles. The van der Waals surface area contributed by atoms with Crippen LogP contribution in [0.1, 0.15) is 5.56 Å². The fourth-order valence-corrected chi connectivity index (χ4v) is 3.16. The molecule has 0 unspecified atom stereocenters. The molecule has 0 spiro atoms. The average molecular weight is 405 g/mol. The van der Waals surface area contributed by atoms with Crippen molar-refractivity contribution in [3.8, 4) is 5.75 Å². The van der Waals surface area contributed by atoms with Crippen molar-refractivity contribution in [2.24, 2.45) is 0 Å². The molecule has 0 saturated carbocycles. The van der Waals surface area contributed by atoms with Gasteiger partial charge >= 0.3 is 0 Å². The summed E-state index contributed by atoms with van der Waals surface area (Å²) in [6, 6.07) is 11.2. The second-order valence-corrected chi connectivity index (χ2v) is 7.39. The van der Waals surface area contributed by atoms with E-state index in [2.05, 4.69) is 36.5 Å². The third-order valence-corrected chi connectivity index (χ3v) is 5.08. The van der Waals surface area contributed by atoms with Gasteiger partial charge in [-0.2, -0.15) is 0 Å². The number of benzene rings is 2. The summed E-state index contributed by atoms with van der Waals surface area (Å²) in [5, 5.41) is 3.77. The van der Waals surface area contributed by atoms with E-state index in [4.69, 9.17) is 39.5 Å². The van der Waals surface area contributed by atoms with E-state index in [0.29, 0.717) is 27.4 Å². The zero-order valence-electron chi connectivity index (χ0n) is 12.9. The Bertz CT molecular complexity index is 708. The minimum absolute atomic E-state index is 0.132. The van der Waals surface area contributed by atoms with Crippen LogP contribution in [0.15, 0.2) is 41.3 Å². The number of hydrogen-bond acceptors (Lipinski definition) is 3. The van der Waals surface area contributed by atoms with Gasteiger partial charge in [-0.25, -0.2) is 0 Å². The maximum atomic E-state index is 11.8. The SMILES string of the molecule is Cc1ccc(SCCNC(=O)COc2cc(Cl)c(Cl)cc2Cl)cc1. The normalized spacial score (nSPS) is 10.5. The molecule has 0 saturated heterocycles. The summed E-state index contributed by atoms with van der Waals surface area (Å²) in [7, 11) is 0. The molecule has 0 atom stereocenters. The van der Waals surface area contributed by atoms with E-state index in [1.54, 1.807) is 11.8 Å². The lowest BCUT2D eigenvalue weighted by Crippen LogP contribution is -2.30. The van der Waals surface area contributed by atoms with E-state index in [1.165, 1.54) is 22.6 Å². The molecule has 0 aliphatic carbocycles. The summed E-state index contributed by atoms with van der Waals surface area (Å²) in [4.78, 5) is 13.0. The molecule has 0 fully saturated rings. The van der Waals surface area contributed by atoms with E-state index in [0.717, 1.165) is 5.75 Å². The van der Waals surface area contributed by atoms with Crippen molar-refractivity contribution in [1.29, 1.82) is 0 Å². The lowest BCUT2D eigenvalue weighted by atomic mass is 10.2. The highest BCUT2D eigenvalue weighted by atomic mass is 35.5. The Balaban J connectivity index is 1.70. The van der Waals surface area contributed by atoms with Crippen LogP contribution in [0.4, 0.5) is 0 Å². The van der Waals surface area contributed by atoms with Crippen molar-refractivity contribution in [3.05, 3.63) is 57.0 Å². The van der Waals surface area contributed by atoms with Crippen LogP contribution in [0, 0.1) is 6.92 Å². The maximum Gasteiger partial charge on any atom is 0.257 e. The van der Waals surface area contributed by atoms with Gasteiger partial charge in [-0.1, -0.05) is 52.5 Å². The molecule has 1 amide bonds. The van der Waals surface area contributed by atoms with Crippen molar-refractivity contribution in [3.63, 3.8) is 0 Å². The number of carbonyl (C=O) groups excluding carboxylic acids is 1. The average Bonchev–Trinajstić information content (AvgIpc) is 2.55. The molecule has 7 heteroatoms. The third kappa shape index (κ3) is 6.10. The van der Waals surface area contributed by atoms with Gasteiger partial charge in [0.05, 0.1) is 15.1 Å². The molecule has 0 radical (unpaired) electrons. The van der Waals surface area contributed by atoms with Gasteiger partial charge < -0.3 is 10.1 Å². The maximum absolute atomic E-state index is 11.8. The number of ether oxygens (including phenoxy) is 1. The van der Waals surface area contributed by atoms with Crippen LogP contribution in [0.2, 0.25) is 15.1 Å². The zero-order chi connectivity index (χ0) is 17.5. The van der Waals surface area contributed by atoms with Crippen LogP contribution in [0.5, 0.6) is 5.75 Å². The Hall–Kier alpha value is -1.07. The topological polar surface area (TPSA) is 38.3 Å². The molecule has 2 rings (SSSR count). The summed E-state index contributed by atoms with van der Waals surface area (Å²) >= 11 is 19.4. The first kappa shape index (κ1) is 19.3. The van der Waals surface area contributed by atoms with E-state index < -0.39 is 0 Å². The summed E-state index contributed by atoms with van der Waals surface area (Å²) in [5.74, 6) is 0.888. The minimum Gasteiger partial charge on any atom is -0.482 e. The first-order chi connectivity index (χ1) is 11.5. The molecule has 0 heterocycles. The quantitative estimate of drug-likeness (QED) is 0.389.